The Morgan fingerprint density at radius 3 is 3.12 bits per heavy atom. The Morgan fingerprint density at radius 2 is 2.24 bits per heavy atom. The lowest BCUT2D eigenvalue weighted by Gasteiger charge is -2.18. The van der Waals surface area contributed by atoms with Crippen molar-refractivity contribution >= 4 is 17.2 Å². The smallest absolute Gasteiger partial charge is 0.153 e. The molecule has 2 aromatic rings. The number of aromatic nitrogens is 2. The van der Waals surface area contributed by atoms with Gasteiger partial charge in [-0.25, -0.2) is 0 Å². The molecule has 1 aromatic heterocycles. The summed E-state index contributed by atoms with van der Waals surface area (Å²) in [4.78, 5) is 0. The van der Waals surface area contributed by atoms with Crippen LogP contribution in [0.15, 0.2) is 36.5 Å². The van der Waals surface area contributed by atoms with Gasteiger partial charge >= 0.3 is 0 Å². The van der Waals surface area contributed by atoms with Gasteiger partial charge in [-0.05, 0) is 48.7 Å². The summed E-state index contributed by atoms with van der Waals surface area (Å²) in [5.74, 6) is 0.774. The third kappa shape index (κ3) is 2.20. The van der Waals surface area contributed by atoms with Crippen molar-refractivity contribution in [3.8, 4) is 0 Å². The van der Waals surface area contributed by atoms with E-state index in [9.17, 15) is 0 Å². The van der Waals surface area contributed by atoms with Crippen LogP contribution in [0, 0.1) is 0 Å². The van der Waals surface area contributed by atoms with Gasteiger partial charge in [-0.15, -0.1) is 5.10 Å². The third-order valence-corrected chi connectivity index (χ3v) is 2.89. The Kier molecular flexibility index (Phi) is 2.62. The second-order valence-electron chi connectivity index (χ2n) is 4.14. The minimum Gasteiger partial charge on any atom is -0.385 e. The molecule has 2 N–H and O–H groups in total. The summed E-state index contributed by atoms with van der Waals surface area (Å²) < 4.78 is 0. The zero-order valence-corrected chi connectivity index (χ0v) is 9.48. The number of rotatable bonds is 2. The van der Waals surface area contributed by atoms with Crippen LogP contribution in [0.25, 0.3) is 0 Å². The molecule has 0 bridgehead atoms. The summed E-state index contributed by atoms with van der Waals surface area (Å²) in [7, 11) is 0. The molecule has 2 heterocycles. The molecular formula is C13H14N4. The van der Waals surface area contributed by atoms with Crippen molar-refractivity contribution in [2.24, 2.45) is 0 Å². The van der Waals surface area contributed by atoms with Gasteiger partial charge in [0.15, 0.2) is 5.82 Å². The molecule has 17 heavy (non-hydrogen) atoms. The minimum absolute atomic E-state index is 0.774. The van der Waals surface area contributed by atoms with E-state index in [2.05, 4.69) is 39.0 Å². The van der Waals surface area contributed by atoms with Crippen molar-refractivity contribution in [1.82, 2.24) is 10.2 Å². The Morgan fingerprint density at radius 1 is 1.24 bits per heavy atom. The Balaban J connectivity index is 1.84. The van der Waals surface area contributed by atoms with E-state index in [4.69, 9.17) is 0 Å². The third-order valence-electron chi connectivity index (χ3n) is 2.89. The summed E-state index contributed by atoms with van der Waals surface area (Å²) in [6.07, 6.45) is 4.00. The molecule has 3 rings (SSSR count). The first-order valence-corrected chi connectivity index (χ1v) is 5.83. The summed E-state index contributed by atoms with van der Waals surface area (Å²) in [6, 6.07) is 10.1. The zero-order valence-electron chi connectivity index (χ0n) is 9.48. The molecule has 0 amide bonds. The maximum absolute atomic E-state index is 4.01. The highest BCUT2D eigenvalue weighted by atomic mass is 15.2. The van der Waals surface area contributed by atoms with E-state index in [0.717, 1.165) is 24.5 Å². The Hall–Kier alpha value is -2.10. The maximum Gasteiger partial charge on any atom is 0.153 e. The lowest BCUT2D eigenvalue weighted by Crippen LogP contribution is -2.11. The molecule has 4 nitrogen and oxygen atoms in total. The molecule has 4 heteroatoms. The number of fused-ring (bicyclic) bond motifs is 1. The topological polar surface area (TPSA) is 49.8 Å². The van der Waals surface area contributed by atoms with E-state index in [-0.39, 0.29) is 0 Å². The van der Waals surface area contributed by atoms with Gasteiger partial charge in [0, 0.05) is 24.1 Å². The highest BCUT2D eigenvalue weighted by molar-refractivity contribution is 5.64. The van der Waals surface area contributed by atoms with Crippen molar-refractivity contribution in [3.05, 3.63) is 42.1 Å². The van der Waals surface area contributed by atoms with Crippen molar-refractivity contribution in [3.63, 3.8) is 0 Å². The van der Waals surface area contributed by atoms with Crippen LogP contribution in [-0.4, -0.2) is 16.7 Å². The van der Waals surface area contributed by atoms with Crippen LogP contribution in [0.2, 0.25) is 0 Å². The standard InChI is InChI=1S/C13H14N4/c1-3-10-9-11(5-6-12(10)14-7-1)16-13-4-2-8-15-17-13/h2,4-6,8-9,14H,1,3,7H2,(H,16,17). The lowest BCUT2D eigenvalue weighted by molar-refractivity contribution is 0.830. The quantitative estimate of drug-likeness (QED) is 0.826. The lowest BCUT2D eigenvalue weighted by atomic mass is 10.0. The van der Waals surface area contributed by atoms with Gasteiger partial charge in [0.2, 0.25) is 0 Å². The second-order valence-corrected chi connectivity index (χ2v) is 4.14. The highest BCUT2D eigenvalue weighted by Gasteiger charge is 2.08. The first kappa shape index (κ1) is 10.1. The molecular weight excluding hydrogens is 212 g/mol. The van der Waals surface area contributed by atoms with Gasteiger partial charge in [-0.2, -0.15) is 5.10 Å². The van der Waals surface area contributed by atoms with Crippen molar-refractivity contribution in [1.29, 1.82) is 0 Å². The van der Waals surface area contributed by atoms with Gasteiger partial charge in [0.25, 0.3) is 0 Å². The van der Waals surface area contributed by atoms with Crippen LogP contribution in [0.5, 0.6) is 0 Å². The monoisotopic (exact) mass is 226 g/mol. The van der Waals surface area contributed by atoms with E-state index < -0.39 is 0 Å². The van der Waals surface area contributed by atoms with Gasteiger partial charge in [-0.3, -0.25) is 0 Å². The van der Waals surface area contributed by atoms with Gasteiger partial charge in [0.05, 0.1) is 0 Å². The normalized spacial score (nSPS) is 13.6. The fraction of sp³-hybridized carbons (Fsp3) is 0.231. The van der Waals surface area contributed by atoms with Crippen LogP contribution >= 0.6 is 0 Å². The minimum atomic E-state index is 0.774. The summed E-state index contributed by atoms with van der Waals surface area (Å²) in [5.41, 5.74) is 3.68. The predicted molar refractivity (Wildman–Crippen MR) is 68.6 cm³/mol. The van der Waals surface area contributed by atoms with Crippen molar-refractivity contribution in [2.75, 3.05) is 17.2 Å². The first-order chi connectivity index (χ1) is 8.42. The second kappa shape index (κ2) is 4.41. The molecule has 0 fully saturated rings. The molecule has 1 aliphatic heterocycles. The SMILES string of the molecule is c1cnnc(Nc2ccc3c(c2)CCCN3)c1. The van der Waals surface area contributed by atoms with E-state index in [1.807, 2.05) is 12.1 Å². The molecule has 0 saturated carbocycles. The number of nitrogens with zero attached hydrogens (tertiary/aromatic N) is 2. The molecule has 1 aromatic carbocycles. The van der Waals surface area contributed by atoms with Crippen LogP contribution in [0.4, 0.5) is 17.2 Å². The van der Waals surface area contributed by atoms with Gasteiger partial charge < -0.3 is 10.6 Å². The number of nitrogens with one attached hydrogen (secondary N) is 2. The maximum atomic E-state index is 4.01. The predicted octanol–water partition coefficient (Wildman–Crippen LogP) is 2.58. The Labute approximate surface area is 100 Å². The molecule has 86 valence electrons. The van der Waals surface area contributed by atoms with E-state index in [1.165, 1.54) is 17.7 Å². The summed E-state index contributed by atoms with van der Waals surface area (Å²) in [5, 5.41) is 14.5. The highest BCUT2D eigenvalue weighted by Crippen LogP contribution is 2.26. The molecule has 0 unspecified atom stereocenters. The van der Waals surface area contributed by atoms with Crippen LogP contribution < -0.4 is 10.6 Å². The molecule has 0 aliphatic carbocycles. The average Bonchev–Trinajstić information content (AvgIpc) is 2.40. The molecule has 0 spiro atoms. The molecule has 1 aliphatic rings. The Bertz CT molecular complexity index is 510. The van der Waals surface area contributed by atoms with Crippen LogP contribution in [0.1, 0.15) is 12.0 Å². The molecule has 0 radical (unpaired) electrons. The largest absolute Gasteiger partial charge is 0.385 e. The number of hydrogen-bond donors (Lipinski definition) is 2. The van der Waals surface area contributed by atoms with Crippen LogP contribution in [-0.2, 0) is 6.42 Å². The zero-order chi connectivity index (χ0) is 11.5. The first-order valence-electron chi connectivity index (χ1n) is 5.83. The number of aryl methyl sites for hydroxylation is 1. The summed E-state index contributed by atoms with van der Waals surface area (Å²) >= 11 is 0. The van der Waals surface area contributed by atoms with Gasteiger partial charge in [0.1, 0.15) is 0 Å². The van der Waals surface area contributed by atoms with E-state index in [0.29, 0.717) is 0 Å². The van der Waals surface area contributed by atoms with Crippen LogP contribution in [0.3, 0.4) is 0 Å². The van der Waals surface area contributed by atoms with Crippen molar-refractivity contribution in [2.45, 2.75) is 12.8 Å². The molecule has 0 atom stereocenters. The fourth-order valence-electron chi connectivity index (χ4n) is 2.07. The summed E-state index contributed by atoms with van der Waals surface area (Å²) in [6.45, 7) is 1.07. The van der Waals surface area contributed by atoms with Gasteiger partial charge in [-0.1, -0.05) is 0 Å². The average molecular weight is 226 g/mol. The number of hydrogen-bond acceptors (Lipinski definition) is 4. The fourth-order valence-corrected chi connectivity index (χ4v) is 2.07. The molecule has 0 saturated heterocycles. The number of anilines is 3. The van der Waals surface area contributed by atoms with E-state index >= 15 is 0 Å². The van der Waals surface area contributed by atoms with Crippen molar-refractivity contribution < 1.29 is 0 Å². The van der Waals surface area contributed by atoms with E-state index in [1.54, 1.807) is 6.20 Å². The number of benzene rings is 1.